The zero-order valence-corrected chi connectivity index (χ0v) is 14.8. The predicted octanol–water partition coefficient (Wildman–Crippen LogP) is 0.553. The number of hydrogen-bond donors (Lipinski definition) is 1. The maximum atomic E-state index is 12.4. The first kappa shape index (κ1) is 17.8. The summed E-state index contributed by atoms with van der Waals surface area (Å²) < 4.78 is 38.8. The molecule has 2 aromatic heterocycles. The first-order valence-corrected chi connectivity index (χ1v) is 8.93. The molecule has 136 valence electrons. The van der Waals surface area contributed by atoms with E-state index in [0.29, 0.717) is 0 Å². The quantitative estimate of drug-likeness (QED) is 0.635. The molecule has 0 saturated carbocycles. The van der Waals surface area contributed by atoms with E-state index in [0.717, 1.165) is 5.69 Å². The number of nitrogens with one attached hydrogen (secondary N) is 1. The molecule has 1 N–H and O–H groups in total. The van der Waals surface area contributed by atoms with Crippen LogP contribution in [0.2, 0.25) is 0 Å². The van der Waals surface area contributed by atoms with Crippen LogP contribution in [-0.2, 0) is 16.6 Å². The molecule has 3 aromatic rings. The molecule has 10 nitrogen and oxygen atoms in total. The van der Waals surface area contributed by atoms with Gasteiger partial charge in [-0.25, -0.2) is 17.8 Å². The Morgan fingerprint density at radius 1 is 1.04 bits per heavy atom. The minimum Gasteiger partial charge on any atom is -0.467 e. The summed E-state index contributed by atoms with van der Waals surface area (Å²) in [6.07, 6.45) is 3.41. The third-order valence-corrected chi connectivity index (χ3v) is 4.76. The molecule has 0 unspecified atom stereocenters. The van der Waals surface area contributed by atoms with Crippen LogP contribution in [-0.4, -0.2) is 47.4 Å². The molecular weight excluding hydrogens is 360 g/mol. The highest BCUT2D eigenvalue weighted by Crippen LogP contribution is 2.14. The first-order chi connectivity index (χ1) is 12.5. The van der Waals surface area contributed by atoms with Gasteiger partial charge in [0.2, 0.25) is 10.0 Å². The second-order valence-corrected chi connectivity index (χ2v) is 6.76. The van der Waals surface area contributed by atoms with Crippen molar-refractivity contribution in [1.29, 1.82) is 0 Å². The zero-order chi connectivity index (χ0) is 18.6. The number of rotatable bonds is 7. The van der Waals surface area contributed by atoms with Crippen molar-refractivity contribution in [3.63, 3.8) is 0 Å². The van der Waals surface area contributed by atoms with Crippen LogP contribution in [0.1, 0.15) is 5.82 Å². The first-order valence-electron chi connectivity index (χ1n) is 7.44. The molecule has 26 heavy (non-hydrogen) atoms. The Morgan fingerprint density at radius 3 is 2.23 bits per heavy atom. The molecule has 0 radical (unpaired) electrons. The van der Waals surface area contributed by atoms with Crippen molar-refractivity contribution in [3.8, 4) is 17.7 Å². The Hall–Kier alpha value is -3.05. The lowest BCUT2D eigenvalue weighted by molar-refractivity contribution is 0.336. The molecule has 1 aromatic carbocycles. The normalized spacial score (nSPS) is 11.3. The summed E-state index contributed by atoms with van der Waals surface area (Å²) in [5.74, 6) is 0.172. The molecule has 0 aliphatic carbocycles. The average molecular weight is 376 g/mol. The smallest absolute Gasteiger partial charge is 0.322 e. The Kier molecular flexibility index (Phi) is 5.09. The second-order valence-electron chi connectivity index (χ2n) is 4.99. The van der Waals surface area contributed by atoms with E-state index in [9.17, 15) is 8.42 Å². The van der Waals surface area contributed by atoms with Crippen LogP contribution >= 0.6 is 0 Å². The van der Waals surface area contributed by atoms with Crippen LogP contribution in [0, 0.1) is 0 Å². The molecule has 0 bridgehead atoms. The van der Waals surface area contributed by atoms with E-state index in [1.807, 2.05) is 0 Å². The van der Waals surface area contributed by atoms with Gasteiger partial charge in [0, 0.05) is 12.4 Å². The van der Waals surface area contributed by atoms with Crippen molar-refractivity contribution in [2.75, 3.05) is 14.2 Å². The van der Waals surface area contributed by atoms with Crippen molar-refractivity contribution in [2.24, 2.45) is 0 Å². The van der Waals surface area contributed by atoms with Gasteiger partial charge >= 0.3 is 12.0 Å². The summed E-state index contributed by atoms with van der Waals surface area (Å²) in [5.41, 5.74) is 0.751. The number of methoxy groups -OCH3 is 2. The minimum atomic E-state index is -3.74. The number of benzene rings is 1. The van der Waals surface area contributed by atoms with Gasteiger partial charge < -0.3 is 9.47 Å². The van der Waals surface area contributed by atoms with Gasteiger partial charge in [-0.3, -0.25) is 0 Å². The molecular formula is C15H16N6O4S. The molecule has 2 heterocycles. The Labute approximate surface area is 149 Å². The summed E-state index contributed by atoms with van der Waals surface area (Å²) in [6.45, 7) is -0.140. The van der Waals surface area contributed by atoms with Crippen LogP contribution in [0.25, 0.3) is 5.69 Å². The highest BCUT2D eigenvalue weighted by atomic mass is 32.2. The summed E-state index contributed by atoms with van der Waals surface area (Å²) >= 11 is 0. The fourth-order valence-electron chi connectivity index (χ4n) is 2.08. The third-order valence-electron chi connectivity index (χ3n) is 3.34. The molecule has 0 fully saturated rings. The second kappa shape index (κ2) is 7.45. The van der Waals surface area contributed by atoms with Crippen LogP contribution in [0.4, 0.5) is 0 Å². The number of sulfonamides is 1. The Balaban J connectivity index is 1.75. The van der Waals surface area contributed by atoms with E-state index in [-0.39, 0.29) is 29.3 Å². The van der Waals surface area contributed by atoms with Gasteiger partial charge in [-0.05, 0) is 30.3 Å². The standard InChI is InChI=1S/C15H16N6O4S/c1-24-14-18-13(19-15(20-14)25-2)10-17-26(22,23)12-6-4-11(5-7-12)21-9-3-8-16-21/h3-9,17H,10H2,1-2H3. The van der Waals surface area contributed by atoms with E-state index in [1.165, 1.54) is 26.4 Å². The van der Waals surface area contributed by atoms with Crippen molar-refractivity contribution < 1.29 is 17.9 Å². The lowest BCUT2D eigenvalue weighted by atomic mass is 10.3. The van der Waals surface area contributed by atoms with Gasteiger partial charge in [0.15, 0.2) is 5.82 Å². The van der Waals surface area contributed by atoms with Crippen molar-refractivity contribution in [1.82, 2.24) is 29.5 Å². The maximum absolute atomic E-state index is 12.4. The maximum Gasteiger partial charge on any atom is 0.322 e. The number of ether oxygens (including phenoxy) is 2. The van der Waals surface area contributed by atoms with E-state index in [2.05, 4.69) is 24.8 Å². The Bertz CT molecular complexity index is 952. The van der Waals surface area contributed by atoms with E-state index in [1.54, 1.807) is 35.3 Å². The van der Waals surface area contributed by atoms with Gasteiger partial charge in [-0.15, -0.1) is 4.98 Å². The van der Waals surface area contributed by atoms with Crippen molar-refractivity contribution in [2.45, 2.75) is 11.4 Å². The Morgan fingerprint density at radius 2 is 1.69 bits per heavy atom. The molecule has 0 atom stereocenters. The molecule has 0 aliphatic heterocycles. The topological polar surface area (TPSA) is 121 Å². The van der Waals surface area contributed by atoms with Crippen LogP contribution in [0.15, 0.2) is 47.6 Å². The number of aromatic nitrogens is 5. The summed E-state index contributed by atoms with van der Waals surface area (Å²) in [6, 6.07) is 8.17. The molecule has 0 spiro atoms. The highest BCUT2D eigenvalue weighted by Gasteiger charge is 2.16. The number of nitrogens with zero attached hydrogens (tertiary/aromatic N) is 5. The molecule has 3 rings (SSSR count). The summed E-state index contributed by atoms with van der Waals surface area (Å²) in [7, 11) is -0.959. The monoisotopic (exact) mass is 376 g/mol. The van der Waals surface area contributed by atoms with Gasteiger partial charge in [-0.1, -0.05) is 0 Å². The molecule has 11 heteroatoms. The van der Waals surface area contributed by atoms with Crippen molar-refractivity contribution >= 4 is 10.0 Å². The van der Waals surface area contributed by atoms with Crippen LogP contribution in [0.3, 0.4) is 0 Å². The average Bonchev–Trinajstić information content (AvgIpc) is 3.21. The van der Waals surface area contributed by atoms with E-state index >= 15 is 0 Å². The van der Waals surface area contributed by atoms with Crippen LogP contribution in [0.5, 0.6) is 12.0 Å². The van der Waals surface area contributed by atoms with E-state index < -0.39 is 10.0 Å². The van der Waals surface area contributed by atoms with E-state index in [4.69, 9.17) is 9.47 Å². The highest BCUT2D eigenvalue weighted by molar-refractivity contribution is 7.89. The van der Waals surface area contributed by atoms with Crippen molar-refractivity contribution in [3.05, 3.63) is 48.5 Å². The fourth-order valence-corrected chi connectivity index (χ4v) is 3.06. The molecule has 0 amide bonds. The van der Waals surface area contributed by atoms with Gasteiger partial charge in [0.1, 0.15) is 0 Å². The summed E-state index contributed by atoms with van der Waals surface area (Å²) in [5, 5.41) is 4.09. The SMILES string of the molecule is COc1nc(CNS(=O)(=O)c2ccc(-n3cccn3)cc2)nc(OC)n1. The third kappa shape index (κ3) is 3.95. The zero-order valence-electron chi connectivity index (χ0n) is 14.0. The summed E-state index contributed by atoms with van der Waals surface area (Å²) in [4.78, 5) is 11.9. The van der Waals surface area contributed by atoms with Crippen LogP contribution < -0.4 is 14.2 Å². The largest absolute Gasteiger partial charge is 0.467 e. The molecule has 0 aliphatic rings. The van der Waals surface area contributed by atoms with Gasteiger partial charge in [0.05, 0.1) is 31.3 Å². The lowest BCUT2D eigenvalue weighted by Gasteiger charge is -2.08. The number of hydrogen-bond acceptors (Lipinski definition) is 8. The van der Waals surface area contributed by atoms with Gasteiger partial charge in [0.25, 0.3) is 0 Å². The molecule has 0 saturated heterocycles. The predicted molar refractivity (Wildman–Crippen MR) is 90.5 cm³/mol. The lowest BCUT2D eigenvalue weighted by Crippen LogP contribution is -2.24. The van der Waals surface area contributed by atoms with Gasteiger partial charge in [-0.2, -0.15) is 15.1 Å². The fraction of sp³-hybridized carbons (Fsp3) is 0.200. The minimum absolute atomic E-state index is 0.0367.